The number of rotatable bonds is 10. The van der Waals surface area contributed by atoms with Gasteiger partial charge in [-0.2, -0.15) is 0 Å². The van der Waals surface area contributed by atoms with Crippen LogP contribution in [0.1, 0.15) is 83.8 Å². The van der Waals surface area contributed by atoms with Crippen molar-refractivity contribution in [1.29, 1.82) is 0 Å². The predicted octanol–water partition coefficient (Wildman–Crippen LogP) is 7.39. The van der Waals surface area contributed by atoms with Crippen molar-refractivity contribution in [2.45, 2.75) is 49.9 Å². The highest BCUT2D eigenvalue weighted by Gasteiger charge is 2.38. The molecule has 6 aromatic rings. The van der Waals surface area contributed by atoms with Crippen molar-refractivity contribution in [1.82, 2.24) is 40.4 Å². The summed E-state index contributed by atoms with van der Waals surface area (Å²) in [6.45, 7) is 1.09. The van der Waals surface area contributed by atoms with Crippen LogP contribution in [0.5, 0.6) is 0 Å². The second kappa shape index (κ2) is 18.7. The summed E-state index contributed by atoms with van der Waals surface area (Å²) >= 11 is 0. The number of amides is 4. The fourth-order valence-corrected chi connectivity index (χ4v) is 8.10. The highest BCUT2D eigenvalue weighted by Crippen LogP contribution is 2.36. The molecule has 2 aromatic heterocycles. The fraction of sp³-hybridized carbons (Fsp3) is 0.250. The van der Waals surface area contributed by atoms with Crippen LogP contribution in [0.15, 0.2) is 122 Å². The number of hydrogen-bond donors (Lipinski definition) is 4. The quantitative estimate of drug-likeness (QED) is 0.103. The number of aromatic nitrogens is 4. The Morgan fingerprint density at radius 2 is 0.984 bits per heavy atom. The first-order chi connectivity index (χ1) is 30.3. The van der Waals surface area contributed by atoms with Crippen LogP contribution >= 0.6 is 0 Å². The Morgan fingerprint density at radius 1 is 0.597 bits per heavy atom. The molecule has 2 aliphatic rings. The Kier molecular flexibility index (Phi) is 12.4. The lowest BCUT2D eigenvalue weighted by Gasteiger charge is -2.28. The number of methoxy groups -OCH3 is 2. The van der Waals surface area contributed by atoms with Gasteiger partial charge in [0.2, 0.25) is 0 Å². The normalized spacial score (nSPS) is 16.7. The molecule has 4 heterocycles. The van der Waals surface area contributed by atoms with Crippen LogP contribution in [-0.2, 0) is 19.1 Å². The van der Waals surface area contributed by atoms with Gasteiger partial charge in [0, 0.05) is 24.2 Å². The molecule has 62 heavy (non-hydrogen) atoms. The lowest BCUT2D eigenvalue weighted by molar-refractivity contribution is -0.135. The monoisotopic (exact) mass is 830 g/mol. The van der Waals surface area contributed by atoms with Crippen LogP contribution in [0.3, 0.4) is 0 Å². The Labute approximate surface area is 359 Å². The highest BCUT2D eigenvalue weighted by molar-refractivity contribution is 5.88. The first-order valence-electron chi connectivity index (χ1n) is 20.5. The molecule has 0 unspecified atom stereocenters. The Hall–Kier alpha value is -7.66. The molecule has 2 aliphatic heterocycles. The molecule has 14 heteroatoms. The van der Waals surface area contributed by atoms with Crippen LogP contribution < -0.4 is 10.6 Å². The van der Waals surface area contributed by atoms with Crippen molar-refractivity contribution < 1.29 is 28.7 Å². The van der Waals surface area contributed by atoms with Crippen molar-refractivity contribution in [2.75, 3.05) is 27.3 Å². The summed E-state index contributed by atoms with van der Waals surface area (Å²) in [6.07, 6.45) is 5.31. The standard InChI is InChI=1S/C48H46N8O6/c1-61-47(59)53-41(35-11-5-3-6-12-35)45(57)55-27-9-15-39(55)43-49-29-37(51-43)33-23-19-31(20-24-33)17-18-32-21-25-34(26-22-32)38-30-50-44(52-38)40-16-10-28-56(40)46(58)42(54-48(60)62-2)36-13-7-4-8-14-36/h3-8,11-14,19-26,29-30,39-42H,9-10,15-16,27-28H2,1-2H3,(H,49,51)(H,50,52)(H,53,59)(H,54,60)/t39-,40+,41-,42-/m1/s1. The van der Waals surface area contributed by atoms with E-state index in [0.717, 1.165) is 59.3 Å². The molecule has 0 bridgehead atoms. The number of imidazole rings is 2. The molecule has 0 saturated carbocycles. The van der Waals surface area contributed by atoms with Crippen LogP contribution in [0.2, 0.25) is 0 Å². The van der Waals surface area contributed by atoms with E-state index in [-0.39, 0.29) is 23.9 Å². The van der Waals surface area contributed by atoms with E-state index >= 15 is 0 Å². The minimum atomic E-state index is -0.886. The van der Waals surface area contributed by atoms with E-state index in [9.17, 15) is 19.2 Å². The number of carbonyl (C=O) groups is 4. The SMILES string of the molecule is COC(=O)N[C@@H](C(=O)N1CCC[C@@H]1c1ncc(-c2ccc(C#Cc3ccc(-c4cnc([C@@H]5CCCN5C(=O)[C@H](NC(=O)OC)c5ccccc5)[nH]4)cc3)cc2)[nH]1)c1ccccc1. The second-order valence-corrected chi connectivity index (χ2v) is 15.1. The first kappa shape index (κ1) is 41.1. The van der Waals surface area contributed by atoms with Gasteiger partial charge in [0.05, 0.1) is 50.1 Å². The minimum Gasteiger partial charge on any atom is -0.453 e. The lowest BCUT2D eigenvalue weighted by atomic mass is 10.1. The molecular formula is C48H46N8O6. The number of benzene rings is 4. The molecule has 2 saturated heterocycles. The summed E-state index contributed by atoms with van der Waals surface area (Å²) in [4.78, 5) is 71.9. The number of H-pyrrole nitrogens is 2. The zero-order valence-electron chi connectivity index (χ0n) is 34.3. The first-order valence-corrected chi connectivity index (χ1v) is 20.5. The Balaban J connectivity index is 0.901. The molecule has 8 rings (SSSR count). The van der Waals surface area contributed by atoms with E-state index in [1.54, 1.807) is 22.2 Å². The van der Waals surface area contributed by atoms with Gasteiger partial charge in [-0.15, -0.1) is 0 Å². The topological polar surface area (TPSA) is 175 Å². The van der Waals surface area contributed by atoms with Gasteiger partial charge in [0.15, 0.2) is 0 Å². The van der Waals surface area contributed by atoms with Crippen molar-refractivity contribution >= 4 is 24.0 Å². The third-order valence-electron chi connectivity index (χ3n) is 11.3. The number of aromatic amines is 2. The third-order valence-corrected chi connectivity index (χ3v) is 11.3. The number of carbonyl (C=O) groups excluding carboxylic acids is 4. The largest absolute Gasteiger partial charge is 0.453 e. The lowest BCUT2D eigenvalue weighted by Crippen LogP contribution is -2.42. The predicted molar refractivity (Wildman–Crippen MR) is 231 cm³/mol. The van der Waals surface area contributed by atoms with E-state index < -0.39 is 24.3 Å². The van der Waals surface area contributed by atoms with E-state index in [2.05, 4.69) is 42.4 Å². The molecule has 314 valence electrons. The van der Waals surface area contributed by atoms with Gasteiger partial charge in [-0.1, -0.05) is 96.8 Å². The summed E-state index contributed by atoms with van der Waals surface area (Å²) < 4.78 is 9.64. The van der Waals surface area contributed by atoms with Gasteiger partial charge in [-0.3, -0.25) is 9.59 Å². The summed E-state index contributed by atoms with van der Waals surface area (Å²) in [5, 5.41) is 5.41. The molecule has 4 atom stereocenters. The molecular weight excluding hydrogens is 785 g/mol. The van der Waals surface area contributed by atoms with Crippen LogP contribution in [0.4, 0.5) is 9.59 Å². The zero-order valence-corrected chi connectivity index (χ0v) is 34.3. The van der Waals surface area contributed by atoms with Gasteiger partial charge in [-0.05, 0) is 72.2 Å². The smallest absolute Gasteiger partial charge is 0.407 e. The highest BCUT2D eigenvalue weighted by atomic mass is 16.5. The maximum atomic E-state index is 13.9. The van der Waals surface area contributed by atoms with Gasteiger partial charge in [0.25, 0.3) is 11.8 Å². The van der Waals surface area contributed by atoms with Gasteiger partial charge < -0.3 is 39.9 Å². The average molecular weight is 831 g/mol. The van der Waals surface area contributed by atoms with Crippen molar-refractivity contribution in [2.24, 2.45) is 0 Å². The molecule has 2 fully saturated rings. The number of alkyl carbamates (subject to hydrolysis) is 2. The second-order valence-electron chi connectivity index (χ2n) is 15.1. The van der Waals surface area contributed by atoms with Crippen LogP contribution in [0, 0.1) is 11.8 Å². The van der Waals surface area contributed by atoms with Gasteiger partial charge in [0.1, 0.15) is 23.7 Å². The third kappa shape index (κ3) is 9.07. The van der Waals surface area contributed by atoms with Crippen LogP contribution in [0.25, 0.3) is 22.5 Å². The fourth-order valence-electron chi connectivity index (χ4n) is 8.10. The van der Waals surface area contributed by atoms with Crippen molar-refractivity contribution in [3.63, 3.8) is 0 Å². The van der Waals surface area contributed by atoms with Crippen LogP contribution in [-0.4, -0.2) is 81.0 Å². The molecule has 4 N–H and O–H groups in total. The summed E-state index contributed by atoms with van der Waals surface area (Å²) in [7, 11) is 2.55. The van der Waals surface area contributed by atoms with E-state index in [4.69, 9.17) is 9.47 Å². The molecule has 4 aromatic carbocycles. The van der Waals surface area contributed by atoms with E-state index in [1.165, 1.54) is 14.2 Å². The van der Waals surface area contributed by atoms with Gasteiger partial charge in [-0.25, -0.2) is 19.6 Å². The number of hydrogen-bond acceptors (Lipinski definition) is 8. The number of nitrogens with zero attached hydrogens (tertiary/aromatic N) is 4. The molecule has 0 aliphatic carbocycles. The van der Waals surface area contributed by atoms with Crippen molar-refractivity contribution in [3.8, 4) is 34.4 Å². The Morgan fingerprint density at radius 3 is 1.35 bits per heavy atom. The molecule has 0 spiro atoms. The number of nitrogens with one attached hydrogen (secondary N) is 4. The molecule has 14 nitrogen and oxygen atoms in total. The number of ether oxygens (including phenoxy) is 2. The zero-order chi connectivity index (χ0) is 43.0. The maximum Gasteiger partial charge on any atom is 0.407 e. The van der Waals surface area contributed by atoms with E-state index in [1.807, 2.05) is 109 Å². The minimum absolute atomic E-state index is 0.221. The van der Waals surface area contributed by atoms with Crippen molar-refractivity contribution in [3.05, 3.63) is 155 Å². The summed E-state index contributed by atoms with van der Waals surface area (Å²) in [5.41, 5.74) is 6.55. The summed E-state index contributed by atoms with van der Waals surface area (Å²) in [6, 6.07) is 31.8. The molecule has 4 amide bonds. The van der Waals surface area contributed by atoms with Gasteiger partial charge >= 0.3 is 12.2 Å². The Bertz CT molecular complexity index is 2400. The summed E-state index contributed by atoms with van der Waals surface area (Å²) in [5.74, 6) is 7.44. The number of likely N-dealkylation sites (tertiary alicyclic amines) is 2. The van der Waals surface area contributed by atoms with E-state index in [0.29, 0.717) is 35.9 Å². The maximum absolute atomic E-state index is 13.9. The average Bonchev–Trinajstić information content (AvgIpc) is 4.17. The molecule has 0 radical (unpaired) electrons.